The molecule has 1 aliphatic heterocycles. The summed E-state index contributed by atoms with van der Waals surface area (Å²) in [6, 6.07) is 12.7. The first kappa shape index (κ1) is 16.7. The first-order chi connectivity index (χ1) is 12.1. The number of piperazine rings is 1. The molecule has 0 bridgehead atoms. The fraction of sp³-hybridized carbons (Fsp3) is 0.333. The highest BCUT2D eigenvalue weighted by atomic mass is 16.2. The summed E-state index contributed by atoms with van der Waals surface area (Å²) < 4.78 is 0. The second-order valence-corrected chi connectivity index (χ2v) is 6.11. The van der Waals surface area contributed by atoms with Gasteiger partial charge in [0.25, 0.3) is 5.91 Å². The van der Waals surface area contributed by atoms with Gasteiger partial charge in [-0.2, -0.15) is 5.26 Å². The van der Waals surface area contributed by atoms with Crippen LogP contribution in [-0.4, -0.2) is 61.3 Å². The van der Waals surface area contributed by atoms with Gasteiger partial charge < -0.3 is 14.7 Å². The van der Waals surface area contributed by atoms with Gasteiger partial charge in [-0.3, -0.25) is 4.79 Å². The van der Waals surface area contributed by atoms with E-state index >= 15 is 0 Å². The Morgan fingerprint density at radius 3 is 2.24 bits per heavy atom. The molecule has 0 N–H and O–H groups in total. The van der Waals surface area contributed by atoms with E-state index in [1.165, 1.54) is 0 Å². The molecule has 25 heavy (non-hydrogen) atoms. The van der Waals surface area contributed by atoms with E-state index in [2.05, 4.69) is 21.2 Å². The van der Waals surface area contributed by atoms with Crippen molar-refractivity contribution in [2.75, 3.05) is 50.1 Å². The topological polar surface area (TPSA) is 76.4 Å². The average molecular weight is 336 g/mol. The molecule has 2 heterocycles. The quantitative estimate of drug-likeness (QED) is 0.843. The predicted octanol–water partition coefficient (Wildman–Crippen LogP) is 1.38. The number of hydrogen-bond donors (Lipinski definition) is 0. The molecular weight excluding hydrogens is 316 g/mol. The first-order valence-corrected chi connectivity index (χ1v) is 8.14. The lowest BCUT2D eigenvalue weighted by molar-refractivity contribution is 0.0746. The summed E-state index contributed by atoms with van der Waals surface area (Å²) in [4.78, 5) is 18.4. The van der Waals surface area contributed by atoms with Gasteiger partial charge in [-0.05, 0) is 36.4 Å². The van der Waals surface area contributed by atoms with Crippen molar-refractivity contribution >= 4 is 17.5 Å². The largest absolute Gasteiger partial charge is 0.361 e. The molecule has 2 aromatic rings. The smallest absolute Gasteiger partial charge is 0.253 e. The van der Waals surface area contributed by atoms with Crippen LogP contribution in [0.4, 0.5) is 11.6 Å². The van der Waals surface area contributed by atoms with Crippen molar-refractivity contribution in [3.63, 3.8) is 0 Å². The maximum Gasteiger partial charge on any atom is 0.253 e. The van der Waals surface area contributed by atoms with Crippen LogP contribution >= 0.6 is 0 Å². The number of nitriles is 1. The van der Waals surface area contributed by atoms with Crippen LogP contribution in [0.15, 0.2) is 36.4 Å². The number of benzene rings is 1. The summed E-state index contributed by atoms with van der Waals surface area (Å²) in [5.41, 5.74) is 1.17. The van der Waals surface area contributed by atoms with Gasteiger partial charge in [0.05, 0.1) is 11.6 Å². The fourth-order valence-corrected chi connectivity index (χ4v) is 2.73. The normalized spacial score (nSPS) is 14.1. The first-order valence-electron chi connectivity index (χ1n) is 8.14. The van der Waals surface area contributed by atoms with Crippen molar-refractivity contribution in [2.45, 2.75) is 0 Å². The number of carbonyl (C=O) groups excluding carboxylic acids is 1. The molecule has 0 aliphatic carbocycles. The van der Waals surface area contributed by atoms with Crippen molar-refractivity contribution in [2.24, 2.45) is 0 Å². The van der Waals surface area contributed by atoms with Crippen LogP contribution in [-0.2, 0) is 0 Å². The summed E-state index contributed by atoms with van der Waals surface area (Å²) in [5, 5.41) is 17.3. The molecule has 0 unspecified atom stereocenters. The minimum absolute atomic E-state index is 0.00169. The molecule has 1 aliphatic rings. The van der Waals surface area contributed by atoms with Crippen molar-refractivity contribution in [3.8, 4) is 6.07 Å². The Morgan fingerprint density at radius 2 is 1.72 bits per heavy atom. The Bertz CT molecular complexity index is 771. The highest BCUT2D eigenvalue weighted by molar-refractivity contribution is 5.94. The Morgan fingerprint density at radius 1 is 1.04 bits per heavy atom. The van der Waals surface area contributed by atoms with Crippen LogP contribution in [0.25, 0.3) is 0 Å². The molecule has 128 valence electrons. The minimum Gasteiger partial charge on any atom is -0.361 e. The van der Waals surface area contributed by atoms with Gasteiger partial charge in [-0.15, -0.1) is 10.2 Å². The van der Waals surface area contributed by atoms with Crippen LogP contribution in [0.5, 0.6) is 0 Å². The Hall–Kier alpha value is -3.14. The Labute approximate surface area is 147 Å². The standard InChI is InChI=1S/C18H20N6O/c1-22(2)16-7-8-17(21-20-16)23-9-11-24(12-10-23)18(25)15-5-3-14(13-19)4-6-15/h3-8H,9-12H2,1-2H3. The number of rotatable bonds is 3. The molecule has 1 saturated heterocycles. The number of amides is 1. The summed E-state index contributed by atoms with van der Waals surface area (Å²) in [6.07, 6.45) is 0. The van der Waals surface area contributed by atoms with Gasteiger partial charge in [-0.25, -0.2) is 0 Å². The minimum atomic E-state index is -0.00169. The van der Waals surface area contributed by atoms with Crippen molar-refractivity contribution in [1.82, 2.24) is 15.1 Å². The zero-order valence-electron chi connectivity index (χ0n) is 14.4. The van der Waals surface area contributed by atoms with E-state index in [9.17, 15) is 4.79 Å². The van der Waals surface area contributed by atoms with Crippen molar-refractivity contribution < 1.29 is 4.79 Å². The number of aromatic nitrogens is 2. The summed E-state index contributed by atoms with van der Waals surface area (Å²) >= 11 is 0. The van der Waals surface area contributed by atoms with Gasteiger partial charge in [0.2, 0.25) is 0 Å². The third-order valence-corrected chi connectivity index (χ3v) is 4.25. The third kappa shape index (κ3) is 3.69. The lowest BCUT2D eigenvalue weighted by Gasteiger charge is -2.35. The second kappa shape index (κ2) is 7.18. The molecule has 1 amide bonds. The van der Waals surface area contributed by atoms with E-state index in [-0.39, 0.29) is 5.91 Å². The predicted molar refractivity (Wildman–Crippen MR) is 95.6 cm³/mol. The van der Waals surface area contributed by atoms with Gasteiger partial charge >= 0.3 is 0 Å². The van der Waals surface area contributed by atoms with Crippen LogP contribution < -0.4 is 9.80 Å². The van der Waals surface area contributed by atoms with E-state index in [0.717, 1.165) is 24.7 Å². The third-order valence-electron chi connectivity index (χ3n) is 4.25. The average Bonchev–Trinajstić information content (AvgIpc) is 2.67. The van der Waals surface area contributed by atoms with E-state index in [0.29, 0.717) is 24.2 Å². The molecule has 0 radical (unpaired) electrons. The van der Waals surface area contributed by atoms with Crippen LogP contribution in [0, 0.1) is 11.3 Å². The van der Waals surface area contributed by atoms with Crippen LogP contribution in [0.2, 0.25) is 0 Å². The van der Waals surface area contributed by atoms with Gasteiger partial charge in [0, 0.05) is 45.8 Å². The van der Waals surface area contributed by atoms with E-state index in [1.54, 1.807) is 24.3 Å². The molecule has 0 saturated carbocycles. The molecule has 1 fully saturated rings. The van der Waals surface area contributed by atoms with Crippen LogP contribution in [0.1, 0.15) is 15.9 Å². The monoisotopic (exact) mass is 336 g/mol. The maximum absolute atomic E-state index is 12.6. The van der Waals surface area contributed by atoms with Gasteiger partial charge in [0.1, 0.15) is 0 Å². The highest BCUT2D eigenvalue weighted by Crippen LogP contribution is 2.16. The van der Waals surface area contributed by atoms with Crippen molar-refractivity contribution in [1.29, 1.82) is 5.26 Å². The molecule has 7 nitrogen and oxygen atoms in total. The lowest BCUT2D eigenvalue weighted by atomic mass is 10.1. The number of hydrogen-bond acceptors (Lipinski definition) is 6. The van der Waals surface area contributed by atoms with Crippen molar-refractivity contribution in [3.05, 3.63) is 47.5 Å². The Balaban J connectivity index is 1.61. The van der Waals surface area contributed by atoms with E-state index < -0.39 is 0 Å². The molecule has 0 spiro atoms. The number of nitrogens with zero attached hydrogens (tertiary/aromatic N) is 6. The zero-order valence-corrected chi connectivity index (χ0v) is 14.4. The summed E-state index contributed by atoms with van der Waals surface area (Å²) in [7, 11) is 3.86. The number of anilines is 2. The summed E-state index contributed by atoms with van der Waals surface area (Å²) in [5.74, 6) is 1.65. The molecule has 3 rings (SSSR count). The molecular formula is C18H20N6O. The van der Waals surface area contributed by atoms with E-state index in [4.69, 9.17) is 5.26 Å². The maximum atomic E-state index is 12.6. The SMILES string of the molecule is CN(C)c1ccc(N2CCN(C(=O)c3ccc(C#N)cc3)CC2)nn1. The lowest BCUT2D eigenvalue weighted by Crippen LogP contribution is -2.49. The second-order valence-electron chi connectivity index (χ2n) is 6.11. The molecule has 1 aromatic carbocycles. The number of carbonyl (C=O) groups is 1. The Kier molecular flexibility index (Phi) is 4.80. The van der Waals surface area contributed by atoms with Gasteiger partial charge in [-0.1, -0.05) is 0 Å². The zero-order chi connectivity index (χ0) is 17.8. The molecule has 0 atom stereocenters. The van der Waals surface area contributed by atoms with Crippen LogP contribution in [0.3, 0.4) is 0 Å². The summed E-state index contributed by atoms with van der Waals surface area (Å²) in [6.45, 7) is 2.71. The highest BCUT2D eigenvalue weighted by Gasteiger charge is 2.23. The van der Waals surface area contributed by atoms with Gasteiger partial charge in [0.15, 0.2) is 11.6 Å². The fourth-order valence-electron chi connectivity index (χ4n) is 2.73. The molecule has 1 aromatic heterocycles. The van der Waals surface area contributed by atoms with E-state index in [1.807, 2.05) is 36.0 Å². The molecule has 7 heteroatoms.